The van der Waals surface area contributed by atoms with Gasteiger partial charge in [-0.05, 0) is 44.1 Å². The van der Waals surface area contributed by atoms with Gasteiger partial charge in [-0.1, -0.05) is 42.6 Å². The fourth-order valence-electron chi connectivity index (χ4n) is 2.93. The maximum absolute atomic E-state index is 5.74. The second-order valence-electron chi connectivity index (χ2n) is 6.39. The summed E-state index contributed by atoms with van der Waals surface area (Å²) in [5.41, 5.74) is 0.453. The highest BCUT2D eigenvalue weighted by atomic mass is 79.9. The number of hydrogen-bond donors (Lipinski definition) is 0. The molecule has 0 heterocycles. The predicted octanol–water partition coefficient (Wildman–Crippen LogP) is 4.33. The van der Waals surface area contributed by atoms with Crippen molar-refractivity contribution in [3.63, 3.8) is 0 Å². The van der Waals surface area contributed by atoms with Crippen LogP contribution in [0, 0.1) is 11.3 Å². The third-order valence-corrected chi connectivity index (χ3v) is 5.31. The van der Waals surface area contributed by atoms with E-state index in [2.05, 4.69) is 41.7 Å². The minimum Gasteiger partial charge on any atom is -0.380 e. The molecule has 1 aliphatic rings. The Hall–Kier alpha value is 0.400. The van der Waals surface area contributed by atoms with E-state index in [1.807, 2.05) is 0 Å². The molecular weight excluding hydrogens is 302 g/mol. The molecule has 1 fully saturated rings. The summed E-state index contributed by atoms with van der Waals surface area (Å²) in [6, 6.07) is 0. The molecule has 114 valence electrons. The van der Waals surface area contributed by atoms with Crippen molar-refractivity contribution in [2.45, 2.75) is 52.4 Å². The first kappa shape index (κ1) is 17.5. The van der Waals surface area contributed by atoms with Gasteiger partial charge in [0.25, 0.3) is 0 Å². The van der Waals surface area contributed by atoms with Gasteiger partial charge in [-0.15, -0.1) is 0 Å². The van der Waals surface area contributed by atoms with E-state index in [0.29, 0.717) is 5.41 Å². The van der Waals surface area contributed by atoms with Crippen LogP contribution < -0.4 is 0 Å². The van der Waals surface area contributed by atoms with Gasteiger partial charge in [-0.3, -0.25) is 0 Å². The maximum atomic E-state index is 5.74. The van der Waals surface area contributed by atoms with Crippen LogP contribution in [-0.4, -0.2) is 43.6 Å². The molecule has 0 N–H and O–H groups in total. The topological polar surface area (TPSA) is 12.5 Å². The van der Waals surface area contributed by atoms with E-state index < -0.39 is 0 Å². The summed E-state index contributed by atoms with van der Waals surface area (Å²) in [5, 5.41) is 1.12. The predicted molar refractivity (Wildman–Crippen MR) is 87.1 cm³/mol. The average Bonchev–Trinajstić information content (AvgIpc) is 3.19. The van der Waals surface area contributed by atoms with Crippen LogP contribution in [0.2, 0.25) is 0 Å². The fourth-order valence-corrected chi connectivity index (χ4v) is 3.66. The summed E-state index contributed by atoms with van der Waals surface area (Å²) in [4.78, 5) is 2.46. The summed E-state index contributed by atoms with van der Waals surface area (Å²) < 4.78 is 5.74. The maximum Gasteiger partial charge on any atom is 0.0593 e. The Morgan fingerprint density at radius 3 is 2.32 bits per heavy atom. The van der Waals surface area contributed by atoms with E-state index in [0.717, 1.165) is 31.0 Å². The van der Waals surface area contributed by atoms with Crippen molar-refractivity contribution in [3.05, 3.63) is 0 Å². The monoisotopic (exact) mass is 333 g/mol. The van der Waals surface area contributed by atoms with E-state index in [4.69, 9.17) is 4.74 Å². The normalized spacial score (nSPS) is 16.3. The highest BCUT2D eigenvalue weighted by molar-refractivity contribution is 9.09. The Kier molecular flexibility index (Phi) is 8.59. The van der Waals surface area contributed by atoms with Gasteiger partial charge in [0.1, 0.15) is 0 Å². The standard InChI is InChI=1S/C16H32BrNO/c1-4-8-16(13-17,9-5-2)14-18(3)10-11-19-12-15-6-7-15/h15H,4-14H2,1-3H3. The molecular formula is C16H32BrNO. The van der Waals surface area contributed by atoms with Crippen LogP contribution >= 0.6 is 15.9 Å². The molecule has 0 unspecified atom stereocenters. The molecule has 0 saturated heterocycles. The van der Waals surface area contributed by atoms with Crippen LogP contribution in [-0.2, 0) is 4.74 Å². The van der Waals surface area contributed by atoms with Crippen LogP contribution in [0.5, 0.6) is 0 Å². The molecule has 1 aliphatic carbocycles. The van der Waals surface area contributed by atoms with Gasteiger partial charge in [0.15, 0.2) is 0 Å². The van der Waals surface area contributed by atoms with Gasteiger partial charge in [0.05, 0.1) is 6.61 Å². The molecule has 0 atom stereocenters. The van der Waals surface area contributed by atoms with Gasteiger partial charge >= 0.3 is 0 Å². The highest BCUT2D eigenvalue weighted by Gasteiger charge is 2.28. The molecule has 0 radical (unpaired) electrons. The van der Waals surface area contributed by atoms with Crippen LogP contribution in [0.25, 0.3) is 0 Å². The van der Waals surface area contributed by atoms with Gasteiger partial charge in [-0.2, -0.15) is 0 Å². The summed E-state index contributed by atoms with van der Waals surface area (Å²) in [5.74, 6) is 0.882. The van der Waals surface area contributed by atoms with Gasteiger partial charge in [-0.25, -0.2) is 0 Å². The quantitative estimate of drug-likeness (QED) is 0.389. The lowest BCUT2D eigenvalue weighted by Gasteiger charge is -2.35. The van der Waals surface area contributed by atoms with Crippen LogP contribution in [0.3, 0.4) is 0 Å². The molecule has 1 rings (SSSR count). The number of hydrogen-bond acceptors (Lipinski definition) is 2. The minimum absolute atomic E-state index is 0.453. The second-order valence-corrected chi connectivity index (χ2v) is 6.95. The molecule has 0 spiro atoms. The molecule has 0 amide bonds. The molecule has 19 heavy (non-hydrogen) atoms. The first-order valence-corrected chi connectivity index (χ1v) is 9.10. The first-order chi connectivity index (χ1) is 9.15. The molecule has 0 bridgehead atoms. The Balaban J connectivity index is 2.25. The van der Waals surface area contributed by atoms with Crippen molar-refractivity contribution < 1.29 is 4.74 Å². The van der Waals surface area contributed by atoms with Crippen molar-refractivity contribution in [2.75, 3.05) is 38.7 Å². The molecule has 0 aromatic heterocycles. The lowest BCUT2D eigenvalue weighted by Crippen LogP contribution is -2.38. The molecule has 2 nitrogen and oxygen atoms in total. The molecule has 3 heteroatoms. The van der Waals surface area contributed by atoms with Gasteiger partial charge in [0, 0.05) is 25.0 Å². The zero-order valence-electron chi connectivity index (χ0n) is 13.1. The highest BCUT2D eigenvalue weighted by Crippen LogP contribution is 2.33. The zero-order valence-corrected chi connectivity index (χ0v) is 14.7. The van der Waals surface area contributed by atoms with Gasteiger partial charge < -0.3 is 9.64 Å². The molecule has 1 saturated carbocycles. The number of ether oxygens (including phenoxy) is 1. The van der Waals surface area contributed by atoms with Crippen molar-refractivity contribution >= 4 is 15.9 Å². The largest absolute Gasteiger partial charge is 0.380 e. The third kappa shape index (κ3) is 7.10. The van der Waals surface area contributed by atoms with Gasteiger partial charge in [0.2, 0.25) is 0 Å². The Morgan fingerprint density at radius 1 is 1.21 bits per heavy atom. The number of alkyl halides is 1. The number of nitrogens with zero attached hydrogens (tertiary/aromatic N) is 1. The Labute approximate surface area is 128 Å². The minimum atomic E-state index is 0.453. The molecule has 0 aromatic carbocycles. The average molecular weight is 334 g/mol. The van der Waals surface area contributed by atoms with Crippen LogP contribution in [0.1, 0.15) is 52.4 Å². The fraction of sp³-hybridized carbons (Fsp3) is 1.00. The van der Waals surface area contributed by atoms with Crippen molar-refractivity contribution in [1.82, 2.24) is 4.90 Å². The second kappa shape index (κ2) is 9.36. The van der Waals surface area contributed by atoms with Crippen molar-refractivity contribution in [1.29, 1.82) is 0 Å². The summed E-state index contributed by atoms with van der Waals surface area (Å²) in [6.07, 6.45) is 7.96. The van der Waals surface area contributed by atoms with E-state index in [-0.39, 0.29) is 0 Å². The lowest BCUT2D eigenvalue weighted by atomic mass is 9.81. The van der Waals surface area contributed by atoms with Crippen LogP contribution in [0.4, 0.5) is 0 Å². The summed E-state index contributed by atoms with van der Waals surface area (Å²) in [6.45, 7) is 8.73. The summed E-state index contributed by atoms with van der Waals surface area (Å²) in [7, 11) is 2.24. The Bertz CT molecular complexity index is 225. The number of rotatable bonds is 12. The van der Waals surface area contributed by atoms with Crippen LogP contribution in [0.15, 0.2) is 0 Å². The van der Waals surface area contributed by atoms with E-state index in [1.165, 1.54) is 45.1 Å². The lowest BCUT2D eigenvalue weighted by molar-refractivity contribution is 0.0864. The molecule has 0 aliphatic heterocycles. The van der Waals surface area contributed by atoms with Crippen molar-refractivity contribution in [3.8, 4) is 0 Å². The Morgan fingerprint density at radius 2 is 1.84 bits per heavy atom. The third-order valence-electron chi connectivity index (χ3n) is 4.12. The molecule has 0 aromatic rings. The van der Waals surface area contributed by atoms with E-state index in [1.54, 1.807) is 0 Å². The summed E-state index contributed by atoms with van der Waals surface area (Å²) >= 11 is 3.75. The SMILES string of the molecule is CCCC(CBr)(CCC)CN(C)CCOCC1CC1. The number of halogens is 1. The number of likely N-dealkylation sites (N-methyl/N-ethyl adjacent to an activating group) is 1. The van der Waals surface area contributed by atoms with E-state index >= 15 is 0 Å². The van der Waals surface area contributed by atoms with Crippen molar-refractivity contribution in [2.24, 2.45) is 11.3 Å². The zero-order chi connectivity index (χ0) is 14.1. The van der Waals surface area contributed by atoms with E-state index in [9.17, 15) is 0 Å². The first-order valence-electron chi connectivity index (χ1n) is 7.98. The smallest absolute Gasteiger partial charge is 0.0593 e.